The molecule has 2 aliphatic carbocycles. The molecule has 0 aliphatic heterocycles. The molecule has 0 aromatic carbocycles. The zero-order chi connectivity index (χ0) is 14.7. The average Bonchev–Trinajstić information content (AvgIpc) is 3.34. The molecule has 0 amide bonds. The maximum absolute atomic E-state index is 5.98. The van der Waals surface area contributed by atoms with Gasteiger partial charge in [-0.15, -0.1) is 0 Å². The minimum Gasteiger partial charge on any atom is -0.370 e. The van der Waals surface area contributed by atoms with Crippen molar-refractivity contribution in [2.75, 3.05) is 19.0 Å². The smallest absolute Gasteiger partial charge is 0.162 e. The Morgan fingerprint density at radius 3 is 2.48 bits per heavy atom. The molecule has 1 aromatic rings. The average molecular weight is 289 g/mol. The first-order chi connectivity index (χ1) is 10.3. The molecular formula is C17H27N3O. The fourth-order valence-corrected chi connectivity index (χ4v) is 3.35. The summed E-state index contributed by atoms with van der Waals surface area (Å²) >= 11 is 0. The van der Waals surface area contributed by atoms with E-state index in [1.54, 1.807) is 0 Å². The lowest BCUT2D eigenvalue weighted by Gasteiger charge is -2.30. The van der Waals surface area contributed by atoms with Crippen LogP contribution in [0, 0.1) is 0 Å². The van der Waals surface area contributed by atoms with Gasteiger partial charge in [0.15, 0.2) is 5.82 Å². The fourth-order valence-electron chi connectivity index (χ4n) is 3.35. The van der Waals surface area contributed by atoms with Crippen LogP contribution in [0.25, 0.3) is 0 Å². The lowest BCUT2D eigenvalue weighted by Crippen LogP contribution is -2.31. The van der Waals surface area contributed by atoms with Crippen LogP contribution in [0.15, 0.2) is 6.07 Å². The summed E-state index contributed by atoms with van der Waals surface area (Å²) < 4.78 is 5.98. The van der Waals surface area contributed by atoms with Gasteiger partial charge < -0.3 is 10.1 Å². The molecule has 116 valence electrons. The van der Waals surface area contributed by atoms with E-state index in [-0.39, 0.29) is 5.60 Å². The quantitative estimate of drug-likeness (QED) is 0.833. The Kier molecular flexibility index (Phi) is 4.43. The molecule has 3 rings (SSSR count). The number of nitrogens with one attached hydrogen (secondary N) is 1. The van der Waals surface area contributed by atoms with Gasteiger partial charge in [-0.2, -0.15) is 0 Å². The van der Waals surface area contributed by atoms with Gasteiger partial charge in [0.05, 0.1) is 0 Å². The molecule has 2 fully saturated rings. The summed E-state index contributed by atoms with van der Waals surface area (Å²) in [6, 6.07) is 2.13. The van der Waals surface area contributed by atoms with E-state index in [0.29, 0.717) is 5.92 Å². The van der Waals surface area contributed by atoms with Crippen LogP contribution in [0.1, 0.15) is 75.7 Å². The first kappa shape index (κ1) is 14.8. The number of hydrogen-bond acceptors (Lipinski definition) is 4. The summed E-state index contributed by atoms with van der Waals surface area (Å²) in [6.07, 6.45) is 9.64. The molecule has 0 spiro atoms. The summed E-state index contributed by atoms with van der Waals surface area (Å²) in [6.45, 7) is 3.00. The number of methoxy groups -OCH3 is 1. The third-order valence-electron chi connectivity index (χ3n) is 4.81. The molecular weight excluding hydrogens is 262 g/mol. The van der Waals surface area contributed by atoms with Crippen molar-refractivity contribution in [2.24, 2.45) is 0 Å². The van der Waals surface area contributed by atoms with Crippen LogP contribution in [0.4, 0.5) is 5.82 Å². The first-order valence-corrected chi connectivity index (χ1v) is 8.46. The highest BCUT2D eigenvalue weighted by molar-refractivity contribution is 5.39. The zero-order valence-corrected chi connectivity index (χ0v) is 13.3. The van der Waals surface area contributed by atoms with Crippen molar-refractivity contribution in [2.45, 2.75) is 69.8 Å². The molecule has 1 aromatic heterocycles. The van der Waals surface area contributed by atoms with Gasteiger partial charge in [0.25, 0.3) is 0 Å². The Hall–Kier alpha value is -1.16. The Morgan fingerprint density at radius 1 is 1.19 bits per heavy atom. The number of ether oxygens (including phenoxy) is 1. The normalized spacial score (nSPS) is 21.8. The maximum atomic E-state index is 5.98. The maximum Gasteiger partial charge on any atom is 0.162 e. The number of anilines is 1. The lowest BCUT2D eigenvalue weighted by atomic mass is 9.93. The summed E-state index contributed by atoms with van der Waals surface area (Å²) in [5, 5.41) is 3.36. The number of rotatable bonds is 5. The molecule has 0 atom stereocenters. The topological polar surface area (TPSA) is 47.0 Å². The summed E-state index contributed by atoms with van der Waals surface area (Å²) in [5.41, 5.74) is 0.933. The Labute approximate surface area is 127 Å². The summed E-state index contributed by atoms with van der Waals surface area (Å²) in [7, 11) is 1.82. The van der Waals surface area contributed by atoms with Crippen molar-refractivity contribution in [1.82, 2.24) is 9.97 Å². The molecule has 4 nitrogen and oxygen atoms in total. The molecule has 0 saturated heterocycles. The van der Waals surface area contributed by atoms with E-state index in [4.69, 9.17) is 14.7 Å². The van der Waals surface area contributed by atoms with Gasteiger partial charge in [0.1, 0.15) is 11.4 Å². The molecule has 21 heavy (non-hydrogen) atoms. The largest absolute Gasteiger partial charge is 0.370 e. The van der Waals surface area contributed by atoms with Gasteiger partial charge in [-0.1, -0.05) is 25.7 Å². The highest BCUT2D eigenvalue weighted by atomic mass is 16.5. The van der Waals surface area contributed by atoms with Crippen LogP contribution in [0.5, 0.6) is 0 Å². The van der Waals surface area contributed by atoms with E-state index >= 15 is 0 Å². The standard InChI is InChI=1S/C17H27N3O/c1-3-18-15-12-14(13-8-9-13)19-16(20-15)17(21-2)10-6-4-5-7-11-17/h12-13H,3-11H2,1-2H3,(H,18,19,20). The second-order valence-corrected chi connectivity index (χ2v) is 6.42. The molecule has 4 heteroatoms. The highest BCUT2D eigenvalue weighted by Crippen LogP contribution is 2.42. The second-order valence-electron chi connectivity index (χ2n) is 6.42. The van der Waals surface area contributed by atoms with Gasteiger partial charge in [-0.05, 0) is 32.6 Å². The molecule has 2 aliphatic rings. The Balaban J connectivity index is 1.97. The van der Waals surface area contributed by atoms with Crippen LogP contribution in [0.3, 0.4) is 0 Å². The monoisotopic (exact) mass is 289 g/mol. The Morgan fingerprint density at radius 2 is 1.90 bits per heavy atom. The first-order valence-electron chi connectivity index (χ1n) is 8.46. The molecule has 2 saturated carbocycles. The lowest BCUT2D eigenvalue weighted by molar-refractivity contribution is -0.0352. The van der Waals surface area contributed by atoms with Crippen LogP contribution < -0.4 is 5.32 Å². The predicted molar refractivity (Wildman–Crippen MR) is 84.6 cm³/mol. The van der Waals surface area contributed by atoms with Crippen molar-refractivity contribution in [3.8, 4) is 0 Å². The van der Waals surface area contributed by atoms with Crippen LogP contribution >= 0.6 is 0 Å². The van der Waals surface area contributed by atoms with Crippen molar-refractivity contribution in [3.63, 3.8) is 0 Å². The third kappa shape index (κ3) is 3.20. The van der Waals surface area contributed by atoms with Gasteiger partial charge in [0, 0.05) is 31.3 Å². The highest BCUT2D eigenvalue weighted by Gasteiger charge is 2.37. The second kappa shape index (κ2) is 6.30. The minimum atomic E-state index is -0.272. The summed E-state index contributed by atoms with van der Waals surface area (Å²) in [4.78, 5) is 9.70. The van der Waals surface area contributed by atoms with Gasteiger partial charge in [0.2, 0.25) is 0 Å². The van der Waals surface area contributed by atoms with E-state index in [2.05, 4.69) is 18.3 Å². The van der Waals surface area contributed by atoms with E-state index in [1.807, 2.05) is 7.11 Å². The fraction of sp³-hybridized carbons (Fsp3) is 0.765. The van der Waals surface area contributed by atoms with E-state index in [9.17, 15) is 0 Å². The van der Waals surface area contributed by atoms with Crippen LogP contribution in [0.2, 0.25) is 0 Å². The molecule has 0 unspecified atom stereocenters. The number of hydrogen-bond donors (Lipinski definition) is 1. The van der Waals surface area contributed by atoms with E-state index in [1.165, 1.54) is 44.2 Å². The van der Waals surface area contributed by atoms with Crippen LogP contribution in [-0.2, 0) is 10.3 Å². The summed E-state index contributed by atoms with van der Waals surface area (Å²) in [5.74, 6) is 2.51. The Bertz CT molecular complexity index is 477. The predicted octanol–water partition coefficient (Wildman–Crippen LogP) is 3.98. The van der Waals surface area contributed by atoms with Crippen LogP contribution in [-0.4, -0.2) is 23.6 Å². The van der Waals surface area contributed by atoms with Gasteiger partial charge in [-0.25, -0.2) is 9.97 Å². The van der Waals surface area contributed by atoms with E-state index in [0.717, 1.165) is 31.0 Å². The third-order valence-corrected chi connectivity index (χ3v) is 4.81. The molecule has 0 radical (unpaired) electrons. The van der Waals surface area contributed by atoms with E-state index < -0.39 is 0 Å². The van der Waals surface area contributed by atoms with Crippen molar-refractivity contribution >= 4 is 5.82 Å². The molecule has 1 heterocycles. The number of aromatic nitrogens is 2. The van der Waals surface area contributed by atoms with Crippen molar-refractivity contribution < 1.29 is 4.74 Å². The molecule has 1 N–H and O–H groups in total. The zero-order valence-electron chi connectivity index (χ0n) is 13.3. The number of nitrogens with zero attached hydrogens (tertiary/aromatic N) is 2. The van der Waals surface area contributed by atoms with Gasteiger partial charge in [-0.3, -0.25) is 0 Å². The van der Waals surface area contributed by atoms with Gasteiger partial charge >= 0.3 is 0 Å². The van der Waals surface area contributed by atoms with Crippen molar-refractivity contribution in [1.29, 1.82) is 0 Å². The SMILES string of the molecule is CCNc1cc(C2CC2)nc(C2(OC)CCCCCC2)n1. The van der Waals surface area contributed by atoms with Crippen molar-refractivity contribution in [3.05, 3.63) is 17.6 Å². The molecule has 0 bridgehead atoms. The minimum absolute atomic E-state index is 0.272.